The van der Waals surface area contributed by atoms with Crippen molar-refractivity contribution >= 4 is 17.7 Å². The Morgan fingerprint density at radius 3 is 2.56 bits per heavy atom. The summed E-state index contributed by atoms with van der Waals surface area (Å²) in [7, 11) is 3.12. The number of aliphatic hydroxyl groups excluding tert-OH is 1. The molecule has 0 aromatic heterocycles. The zero-order chi connectivity index (χ0) is 23.3. The van der Waals surface area contributed by atoms with E-state index >= 15 is 0 Å². The predicted molar refractivity (Wildman–Crippen MR) is 121 cm³/mol. The molecule has 0 bridgehead atoms. The molecule has 2 aliphatic rings. The predicted octanol–water partition coefficient (Wildman–Crippen LogP) is 2.62. The second-order valence-corrected chi connectivity index (χ2v) is 8.64. The monoisotopic (exact) mass is 440 g/mol. The van der Waals surface area contributed by atoms with Crippen LogP contribution in [-0.2, 0) is 25.5 Å². The number of hydrogen-bond donors (Lipinski definition) is 3. The highest BCUT2D eigenvalue weighted by atomic mass is 16.5. The lowest BCUT2D eigenvalue weighted by atomic mass is 9.59. The number of nitrogens with one attached hydrogen (secondary N) is 2. The number of aliphatic hydroxyl groups is 1. The second-order valence-electron chi connectivity index (χ2n) is 8.64. The molecule has 1 aromatic carbocycles. The number of Topliss-reactive ketones (excluding diaryl/α,β-unsaturated/α-hetero) is 1. The number of hydrogen-bond acceptors (Lipinski definition) is 6. The number of ether oxygens (including phenoxy) is 1. The molecule has 0 heterocycles. The molecule has 3 rings (SSSR count). The van der Waals surface area contributed by atoms with Crippen molar-refractivity contribution in [2.75, 3.05) is 14.2 Å². The minimum atomic E-state index is -0.921. The van der Waals surface area contributed by atoms with Crippen molar-refractivity contribution in [3.8, 4) is 0 Å². The number of esters is 1. The van der Waals surface area contributed by atoms with Crippen molar-refractivity contribution in [3.05, 3.63) is 59.4 Å². The highest BCUT2D eigenvalue weighted by Gasteiger charge is 2.49. The zero-order valence-corrected chi connectivity index (χ0v) is 18.9. The van der Waals surface area contributed by atoms with E-state index in [1.54, 1.807) is 12.2 Å². The summed E-state index contributed by atoms with van der Waals surface area (Å²) in [6, 6.07) is 8.38. The van der Waals surface area contributed by atoms with Crippen molar-refractivity contribution in [1.82, 2.24) is 10.6 Å². The van der Waals surface area contributed by atoms with Crippen LogP contribution in [0.15, 0.2) is 53.8 Å². The van der Waals surface area contributed by atoms with E-state index in [2.05, 4.69) is 10.6 Å². The molecule has 1 amide bonds. The summed E-state index contributed by atoms with van der Waals surface area (Å²) in [6.45, 7) is 1.52. The average Bonchev–Trinajstić information content (AvgIpc) is 2.78. The minimum Gasteiger partial charge on any atom is -0.507 e. The van der Waals surface area contributed by atoms with Gasteiger partial charge in [0.05, 0.1) is 12.7 Å². The molecule has 3 N–H and O–H groups in total. The van der Waals surface area contributed by atoms with Gasteiger partial charge in [0.2, 0.25) is 0 Å². The topological polar surface area (TPSA) is 105 Å². The third-order valence-electron chi connectivity index (χ3n) is 6.70. The second kappa shape index (κ2) is 10.1. The first-order valence-electron chi connectivity index (χ1n) is 11.1. The molecular weight excluding hydrogens is 408 g/mol. The van der Waals surface area contributed by atoms with Gasteiger partial charge in [0.1, 0.15) is 17.6 Å². The van der Waals surface area contributed by atoms with Gasteiger partial charge in [-0.25, -0.2) is 4.79 Å². The molecule has 4 unspecified atom stereocenters. The van der Waals surface area contributed by atoms with Gasteiger partial charge in [-0.1, -0.05) is 49.2 Å². The Labute approximate surface area is 188 Å². The van der Waals surface area contributed by atoms with E-state index in [0.717, 1.165) is 31.2 Å². The first-order valence-corrected chi connectivity index (χ1v) is 11.1. The zero-order valence-electron chi connectivity index (χ0n) is 18.9. The molecule has 7 heteroatoms. The van der Waals surface area contributed by atoms with Crippen molar-refractivity contribution in [2.24, 2.45) is 11.3 Å². The van der Waals surface area contributed by atoms with E-state index < -0.39 is 29.3 Å². The number of rotatable bonds is 7. The van der Waals surface area contributed by atoms with Crippen LogP contribution >= 0.6 is 0 Å². The lowest BCUT2D eigenvalue weighted by Crippen LogP contribution is -2.52. The van der Waals surface area contributed by atoms with Gasteiger partial charge >= 0.3 is 5.97 Å². The number of amides is 1. The van der Waals surface area contributed by atoms with Gasteiger partial charge in [0.15, 0.2) is 0 Å². The summed E-state index contributed by atoms with van der Waals surface area (Å²) in [5, 5.41) is 16.8. The highest BCUT2D eigenvalue weighted by molar-refractivity contribution is 6.00. The van der Waals surface area contributed by atoms with E-state index in [4.69, 9.17) is 4.74 Å². The Morgan fingerprint density at radius 1 is 1.22 bits per heavy atom. The number of benzene rings is 1. The van der Waals surface area contributed by atoms with Crippen molar-refractivity contribution in [2.45, 2.75) is 51.1 Å². The van der Waals surface area contributed by atoms with Gasteiger partial charge in [-0.2, -0.15) is 0 Å². The molecule has 172 valence electrons. The molecule has 0 radical (unpaired) electrons. The quantitative estimate of drug-likeness (QED) is 0.563. The van der Waals surface area contributed by atoms with E-state index in [1.807, 2.05) is 37.4 Å². The van der Waals surface area contributed by atoms with E-state index in [9.17, 15) is 19.5 Å². The summed E-state index contributed by atoms with van der Waals surface area (Å²) in [6.07, 6.45) is 7.13. The molecule has 4 atom stereocenters. The Balaban J connectivity index is 1.88. The standard InChI is InChI=1S/C25H32N2O5/c1-16(28)19-14-18(21(29)15-25(19)12-8-7-11-22(25)26-2)23(30)27-20(24(31)32-3)13-17-9-5-4-6-10-17/h4-6,9-10,14-15,19-20,22,26,29H,7-8,11-13H2,1-3H3,(H,27,30). The maximum atomic E-state index is 13.1. The molecule has 7 nitrogen and oxygen atoms in total. The molecule has 1 spiro atoms. The number of carbonyl (C=O) groups excluding carboxylic acids is 3. The van der Waals surface area contributed by atoms with Crippen LogP contribution in [0, 0.1) is 11.3 Å². The maximum Gasteiger partial charge on any atom is 0.328 e. The fourth-order valence-corrected chi connectivity index (χ4v) is 5.12. The maximum absolute atomic E-state index is 13.1. The summed E-state index contributed by atoms with van der Waals surface area (Å²) < 4.78 is 4.87. The number of allylic oxidation sites excluding steroid dienone is 1. The lowest BCUT2D eigenvalue weighted by Gasteiger charge is -2.47. The lowest BCUT2D eigenvalue weighted by molar-refractivity contribution is -0.144. The summed E-state index contributed by atoms with van der Waals surface area (Å²) >= 11 is 0. The first kappa shape index (κ1) is 23.7. The smallest absolute Gasteiger partial charge is 0.328 e. The van der Waals surface area contributed by atoms with Gasteiger partial charge in [-0.05, 0) is 38.5 Å². The molecule has 32 heavy (non-hydrogen) atoms. The van der Waals surface area contributed by atoms with Gasteiger partial charge in [-0.15, -0.1) is 0 Å². The summed E-state index contributed by atoms with van der Waals surface area (Å²) in [5.74, 6) is -1.95. The molecule has 0 aliphatic heterocycles. The van der Waals surface area contributed by atoms with Crippen molar-refractivity contribution in [3.63, 3.8) is 0 Å². The Bertz CT molecular complexity index is 924. The Kier molecular flexibility index (Phi) is 7.51. The summed E-state index contributed by atoms with van der Waals surface area (Å²) in [5.41, 5.74) is 0.303. The van der Waals surface area contributed by atoms with Crippen LogP contribution in [0.3, 0.4) is 0 Å². The molecule has 1 aromatic rings. The van der Waals surface area contributed by atoms with Crippen LogP contribution in [0.1, 0.15) is 38.2 Å². The first-order chi connectivity index (χ1) is 15.3. The third-order valence-corrected chi connectivity index (χ3v) is 6.70. The van der Waals surface area contributed by atoms with Crippen LogP contribution < -0.4 is 10.6 Å². The van der Waals surface area contributed by atoms with Gasteiger partial charge in [-0.3, -0.25) is 9.59 Å². The fourth-order valence-electron chi connectivity index (χ4n) is 5.12. The van der Waals surface area contributed by atoms with Crippen molar-refractivity contribution < 1.29 is 24.2 Å². The van der Waals surface area contributed by atoms with E-state index in [0.29, 0.717) is 0 Å². The van der Waals surface area contributed by atoms with Gasteiger partial charge < -0.3 is 20.5 Å². The van der Waals surface area contributed by atoms with E-state index in [-0.39, 0.29) is 29.6 Å². The minimum absolute atomic E-state index is 0.0122. The fraction of sp³-hybridized carbons (Fsp3) is 0.480. The number of methoxy groups -OCH3 is 1. The Hall–Kier alpha value is -2.93. The number of carbonyl (C=O) groups is 3. The van der Waals surface area contributed by atoms with Crippen LogP contribution in [0.4, 0.5) is 0 Å². The average molecular weight is 441 g/mol. The largest absolute Gasteiger partial charge is 0.507 e. The molecular formula is C25H32N2O5. The molecule has 0 saturated heterocycles. The summed E-state index contributed by atoms with van der Waals surface area (Å²) in [4.78, 5) is 38.1. The Morgan fingerprint density at radius 2 is 1.94 bits per heavy atom. The van der Waals surface area contributed by atoms with Gasteiger partial charge in [0.25, 0.3) is 5.91 Å². The van der Waals surface area contributed by atoms with Crippen LogP contribution in [0.5, 0.6) is 0 Å². The third kappa shape index (κ3) is 4.78. The van der Waals surface area contributed by atoms with Gasteiger partial charge in [0, 0.05) is 23.8 Å². The highest BCUT2D eigenvalue weighted by Crippen LogP contribution is 2.48. The SMILES string of the molecule is CNC1CCCCC12C=C(O)C(C(=O)NC(Cc1ccccc1)C(=O)OC)=CC2C(C)=O. The molecule has 1 saturated carbocycles. The van der Waals surface area contributed by atoms with Crippen LogP contribution in [0.25, 0.3) is 0 Å². The number of ketones is 1. The molecule has 2 aliphatic carbocycles. The van der Waals surface area contributed by atoms with E-state index in [1.165, 1.54) is 14.0 Å². The molecule has 1 fully saturated rings. The van der Waals surface area contributed by atoms with Crippen molar-refractivity contribution in [1.29, 1.82) is 0 Å². The van der Waals surface area contributed by atoms with Crippen LogP contribution in [-0.4, -0.2) is 49.0 Å². The normalized spacial score (nSPS) is 26.0. The van der Waals surface area contributed by atoms with Crippen LogP contribution in [0.2, 0.25) is 0 Å².